The molecule has 1 aromatic carbocycles. The molecule has 0 fully saturated rings. The molecule has 0 radical (unpaired) electrons. The highest BCUT2D eigenvalue weighted by Crippen LogP contribution is 2.34. The van der Waals surface area contributed by atoms with Crippen molar-refractivity contribution in [2.75, 3.05) is 12.4 Å². The number of nitrogens with one attached hydrogen (secondary N) is 1. The minimum Gasteiger partial charge on any atom is -0.301 e. The molecule has 0 bridgehead atoms. The van der Waals surface area contributed by atoms with E-state index in [0.717, 1.165) is 11.1 Å². The fourth-order valence-electron chi connectivity index (χ4n) is 2.01. The van der Waals surface area contributed by atoms with E-state index < -0.39 is 6.67 Å². The van der Waals surface area contributed by atoms with E-state index in [2.05, 4.69) is 9.97 Å². The number of halogens is 3. The Kier molecular flexibility index (Phi) is 4.73. The summed E-state index contributed by atoms with van der Waals surface area (Å²) in [6, 6.07) is 5.22. The molecule has 3 rings (SSSR count). The predicted octanol–water partition coefficient (Wildman–Crippen LogP) is 5.02. The Bertz CT molecular complexity index is 894. The third-order valence-electron chi connectivity index (χ3n) is 2.97. The standard InChI is InChI=1S/C14H9Cl2FN2OS2/c15-9-2-1-7(5-10(9)16)8-6-22-13-11(8)12(20)18-14(19-13)21-4-3-17/h1-2,5-6H,3-4H2,(H,18,19,20). The number of hydrogen-bond donors (Lipinski definition) is 1. The number of aromatic amines is 1. The molecular weight excluding hydrogens is 366 g/mol. The van der Waals surface area contributed by atoms with Crippen LogP contribution >= 0.6 is 46.3 Å². The predicted molar refractivity (Wildman–Crippen MR) is 92.4 cm³/mol. The molecule has 3 aromatic rings. The number of nitrogens with zero attached hydrogens (tertiary/aromatic N) is 1. The average molecular weight is 375 g/mol. The third kappa shape index (κ3) is 3.01. The van der Waals surface area contributed by atoms with Gasteiger partial charge in [-0.1, -0.05) is 41.0 Å². The second-order valence-electron chi connectivity index (χ2n) is 4.37. The molecule has 0 saturated heterocycles. The van der Waals surface area contributed by atoms with Crippen LogP contribution < -0.4 is 5.56 Å². The summed E-state index contributed by atoms with van der Waals surface area (Å²) in [5.74, 6) is 0.263. The van der Waals surface area contributed by atoms with E-state index in [1.807, 2.05) is 5.38 Å². The molecule has 0 saturated carbocycles. The first kappa shape index (κ1) is 15.8. The van der Waals surface area contributed by atoms with Crippen molar-refractivity contribution in [2.24, 2.45) is 0 Å². The summed E-state index contributed by atoms with van der Waals surface area (Å²) in [6.07, 6.45) is 0. The molecule has 0 aliphatic carbocycles. The van der Waals surface area contributed by atoms with E-state index in [-0.39, 0.29) is 11.3 Å². The van der Waals surface area contributed by atoms with Crippen molar-refractivity contribution in [2.45, 2.75) is 5.16 Å². The maximum atomic E-state index is 12.3. The van der Waals surface area contributed by atoms with Gasteiger partial charge in [0, 0.05) is 16.7 Å². The van der Waals surface area contributed by atoms with Gasteiger partial charge in [-0.2, -0.15) is 0 Å². The molecule has 0 aliphatic heterocycles. The van der Waals surface area contributed by atoms with Gasteiger partial charge in [-0.3, -0.25) is 9.18 Å². The number of fused-ring (bicyclic) bond motifs is 1. The van der Waals surface area contributed by atoms with Crippen molar-refractivity contribution < 1.29 is 4.39 Å². The first-order valence-electron chi connectivity index (χ1n) is 6.26. The summed E-state index contributed by atoms with van der Waals surface area (Å²) in [5.41, 5.74) is 1.32. The summed E-state index contributed by atoms with van der Waals surface area (Å²) in [7, 11) is 0. The number of hydrogen-bond acceptors (Lipinski definition) is 4. The van der Waals surface area contributed by atoms with E-state index in [0.29, 0.717) is 25.4 Å². The molecule has 0 spiro atoms. The zero-order chi connectivity index (χ0) is 15.7. The van der Waals surface area contributed by atoms with Gasteiger partial charge in [0.1, 0.15) is 4.83 Å². The lowest BCUT2D eigenvalue weighted by molar-refractivity contribution is 0.532. The van der Waals surface area contributed by atoms with Crippen LogP contribution in [-0.4, -0.2) is 22.4 Å². The summed E-state index contributed by atoms with van der Waals surface area (Å²) >= 11 is 14.5. The Morgan fingerprint density at radius 3 is 2.86 bits per heavy atom. The molecule has 2 heterocycles. The Morgan fingerprint density at radius 1 is 1.32 bits per heavy atom. The number of aromatic nitrogens is 2. The van der Waals surface area contributed by atoms with Crippen LogP contribution in [0.3, 0.4) is 0 Å². The van der Waals surface area contributed by atoms with Crippen LogP contribution in [0.1, 0.15) is 0 Å². The van der Waals surface area contributed by atoms with Gasteiger partial charge in [-0.15, -0.1) is 11.3 Å². The number of thiophene rings is 1. The van der Waals surface area contributed by atoms with Crippen LogP contribution in [0.5, 0.6) is 0 Å². The number of thioether (sulfide) groups is 1. The lowest BCUT2D eigenvalue weighted by Crippen LogP contribution is -2.08. The molecule has 114 valence electrons. The van der Waals surface area contributed by atoms with Crippen molar-refractivity contribution in [3.05, 3.63) is 44.0 Å². The quantitative estimate of drug-likeness (QED) is 0.515. The largest absolute Gasteiger partial charge is 0.301 e. The van der Waals surface area contributed by atoms with Crippen LogP contribution in [0.2, 0.25) is 10.0 Å². The highest BCUT2D eigenvalue weighted by molar-refractivity contribution is 7.99. The monoisotopic (exact) mass is 374 g/mol. The van der Waals surface area contributed by atoms with E-state index in [9.17, 15) is 9.18 Å². The maximum Gasteiger partial charge on any atom is 0.260 e. The van der Waals surface area contributed by atoms with Gasteiger partial charge >= 0.3 is 0 Å². The molecule has 0 amide bonds. The molecule has 22 heavy (non-hydrogen) atoms. The SMILES string of the molecule is O=c1[nH]c(SCCF)nc2scc(-c3ccc(Cl)c(Cl)c3)c12. The minimum absolute atomic E-state index is 0.242. The van der Waals surface area contributed by atoms with E-state index in [1.54, 1.807) is 18.2 Å². The Morgan fingerprint density at radius 2 is 2.14 bits per heavy atom. The number of benzene rings is 1. The highest BCUT2D eigenvalue weighted by Gasteiger charge is 2.14. The summed E-state index contributed by atoms with van der Waals surface area (Å²) in [6.45, 7) is -0.467. The van der Waals surface area contributed by atoms with Gasteiger partial charge in [-0.25, -0.2) is 4.98 Å². The van der Waals surface area contributed by atoms with Crippen LogP contribution in [0, 0.1) is 0 Å². The fraction of sp³-hybridized carbons (Fsp3) is 0.143. The van der Waals surface area contributed by atoms with Gasteiger partial charge in [0.2, 0.25) is 0 Å². The van der Waals surface area contributed by atoms with Crippen molar-refractivity contribution in [1.82, 2.24) is 9.97 Å². The van der Waals surface area contributed by atoms with Gasteiger partial charge in [-0.05, 0) is 17.7 Å². The van der Waals surface area contributed by atoms with E-state index >= 15 is 0 Å². The molecule has 0 atom stereocenters. The molecular formula is C14H9Cl2FN2OS2. The molecule has 1 N–H and O–H groups in total. The van der Waals surface area contributed by atoms with Crippen LogP contribution in [0.15, 0.2) is 33.5 Å². The zero-order valence-electron chi connectivity index (χ0n) is 11.0. The first-order valence-corrected chi connectivity index (χ1v) is 8.88. The maximum absolute atomic E-state index is 12.3. The fourth-order valence-corrected chi connectivity index (χ4v) is 3.90. The summed E-state index contributed by atoms with van der Waals surface area (Å²) in [5, 5.41) is 3.68. The van der Waals surface area contributed by atoms with Crippen molar-refractivity contribution in [1.29, 1.82) is 0 Å². The second kappa shape index (κ2) is 6.58. The van der Waals surface area contributed by atoms with Crippen molar-refractivity contribution >= 4 is 56.5 Å². The molecule has 0 unspecified atom stereocenters. The van der Waals surface area contributed by atoms with Crippen molar-refractivity contribution in [3.63, 3.8) is 0 Å². The van der Waals surface area contributed by atoms with Crippen LogP contribution in [0.4, 0.5) is 4.39 Å². The Hall–Kier alpha value is -1.08. The average Bonchev–Trinajstić information content (AvgIpc) is 2.92. The molecule has 8 heteroatoms. The Labute approximate surface area is 143 Å². The van der Waals surface area contributed by atoms with E-state index in [4.69, 9.17) is 23.2 Å². The molecule has 0 aliphatic rings. The van der Waals surface area contributed by atoms with Crippen LogP contribution in [-0.2, 0) is 0 Å². The highest BCUT2D eigenvalue weighted by atomic mass is 35.5. The first-order chi connectivity index (χ1) is 10.6. The van der Waals surface area contributed by atoms with Crippen LogP contribution in [0.25, 0.3) is 21.3 Å². The minimum atomic E-state index is -0.467. The lowest BCUT2D eigenvalue weighted by Gasteiger charge is -2.03. The molecule has 3 nitrogen and oxygen atoms in total. The van der Waals surface area contributed by atoms with Gasteiger partial charge in [0.05, 0.1) is 22.1 Å². The number of rotatable bonds is 4. The number of alkyl halides is 1. The molecule has 2 aromatic heterocycles. The van der Waals surface area contributed by atoms with Crippen molar-refractivity contribution in [3.8, 4) is 11.1 Å². The van der Waals surface area contributed by atoms with E-state index in [1.165, 1.54) is 23.1 Å². The zero-order valence-corrected chi connectivity index (χ0v) is 14.2. The van der Waals surface area contributed by atoms with Gasteiger partial charge in [0.15, 0.2) is 5.16 Å². The van der Waals surface area contributed by atoms with Gasteiger partial charge in [0.25, 0.3) is 5.56 Å². The Balaban J connectivity index is 2.12. The number of H-pyrrole nitrogens is 1. The third-order valence-corrected chi connectivity index (χ3v) is 5.41. The van der Waals surface area contributed by atoms with Gasteiger partial charge < -0.3 is 4.98 Å². The lowest BCUT2D eigenvalue weighted by atomic mass is 10.1. The smallest absolute Gasteiger partial charge is 0.260 e. The topological polar surface area (TPSA) is 45.8 Å². The second-order valence-corrected chi connectivity index (χ2v) is 7.12. The normalized spacial score (nSPS) is 11.2. The summed E-state index contributed by atoms with van der Waals surface area (Å²) in [4.78, 5) is 20.0. The summed E-state index contributed by atoms with van der Waals surface area (Å²) < 4.78 is 12.2.